The molecule has 1 N–H and O–H groups in total. The monoisotopic (exact) mass is 366 g/mol. The van der Waals surface area contributed by atoms with Gasteiger partial charge in [-0.05, 0) is 36.8 Å². The van der Waals surface area contributed by atoms with E-state index in [-0.39, 0.29) is 11.9 Å². The molecule has 0 saturated heterocycles. The predicted molar refractivity (Wildman–Crippen MR) is 102 cm³/mol. The van der Waals surface area contributed by atoms with Crippen LogP contribution in [0.25, 0.3) is 6.08 Å². The number of imide groups is 1. The molecule has 139 valence electrons. The third kappa shape index (κ3) is 5.58. The van der Waals surface area contributed by atoms with Crippen molar-refractivity contribution in [3.05, 3.63) is 66.0 Å². The molecule has 2 aromatic rings. The van der Waals surface area contributed by atoms with E-state index in [0.29, 0.717) is 0 Å². The van der Waals surface area contributed by atoms with E-state index in [1.807, 2.05) is 31.2 Å². The van der Waals surface area contributed by atoms with Crippen molar-refractivity contribution in [1.29, 1.82) is 0 Å². The minimum Gasteiger partial charge on any atom is -0.362 e. The Morgan fingerprint density at radius 1 is 1.26 bits per heavy atom. The number of anilines is 1. The van der Waals surface area contributed by atoms with E-state index in [9.17, 15) is 14.4 Å². The number of aromatic nitrogens is 1. The minimum absolute atomic E-state index is 0.0745. The van der Waals surface area contributed by atoms with Gasteiger partial charge in [-0.15, -0.1) is 0 Å². The number of nitrogens with zero attached hydrogens (tertiary/aromatic N) is 2. The molecule has 27 heavy (non-hydrogen) atoms. The molecule has 0 aliphatic carbocycles. The van der Waals surface area contributed by atoms with Crippen LogP contribution in [0.5, 0.6) is 0 Å². The van der Waals surface area contributed by atoms with E-state index in [4.69, 9.17) is 4.74 Å². The normalized spacial score (nSPS) is 11.8. The van der Waals surface area contributed by atoms with Crippen molar-refractivity contribution in [2.75, 3.05) is 19.0 Å². The number of carbonyl (C=O) groups excluding carboxylic acids is 3. The number of para-hydroxylation sites is 1. The standard InChI is InChI=1S/C20H20N3O4/c1-15(27-2)22-17-8-4-3-7-16(17)10-11-19(25)23(13-14-24)20(26)18-9-5-6-12-21-18/h3-12,15,22H,13H2,1-2H3/b11-10+. The number of amides is 2. The van der Waals surface area contributed by atoms with Crippen LogP contribution in [0.2, 0.25) is 0 Å². The molecule has 0 aliphatic heterocycles. The van der Waals surface area contributed by atoms with Crippen molar-refractivity contribution >= 4 is 29.9 Å². The number of pyridine rings is 1. The van der Waals surface area contributed by atoms with Crippen LogP contribution in [0.1, 0.15) is 23.0 Å². The Hall–Kier alpha value is -3.32. The van der Waals surface area contributed by atoms with E-state index < -0.39 is 18.4 Å². The molecule has 7 nitrogen and oxygen atoms in total. The van der Waals surface area contributed by atoms with Crippen molar-refractivity contribution in [2.24, 2.45) is 0 Å². The lowest BCUT2D eigenvalue weighted by Crippen LogP contribution is -2.37. The van der Waals surface area contributed by atoms with Crippen molar-refractivity contribution < 1.29 is 19.1 Å². The van der Waals surface area contributed by atoms with Crippen LogP contribution < -0.4 is 5.32 Å². The fourth-order valence-corrected chi connectivity index (χ4v) is 2.24. The van der Waals surface area contributed by atoms with Crippen LogP contribution in [0.3, 0.4) is 0 Å². The van der Waals surface area contributed by atoms with Gasteiger partial charge in [-0.25, -0.2) is 0 Å². The summed E-state index contributed by atoms with van der Waals surface area (Å²) in [5.74, 6) is -1.29. The van der Waals surface area contributed by atoms with Crippen LogP contribution >= 0.6 is 0 Å². The van der Waals surface area contributed by atoms with E-state index in [1.165, 1.54) is 18.3 Å². The molecule has 1 aromatic carbocycles. The van der Waals surface area contributed by atoms with Gasteiger partial charge in [-0.3, -0.25) is 24.3 Å². The first-order valence-electron chi connectivity index (χ1n) is 8.25. The Balaban J connectivity index is 2.20. The second-order valence-corrected chi connectivity index (χ2v) is 5.53. The highest BCUT2D eigenvalue weighted by Crippen LogP contribution is 2.18. The predicted octanol–water partition coefficient (Wildman–Crippen LogP) is 2.28. The molecule has 0 spiro atoms. The summed E-state index contributed by atoms with van der Waals surface area (Å²) in [6.45, 7) is 1.37. The number of benzene rings is 1. The number of rotatable bonds is 8. The van der Waals surface area contributed by atoms with E-state index in [1.54, 1.807) is 31.6 Å². The number of ether oxygens (including phenoxy) is 1. The number of nitrogens with one attached hydrogen (secondary N) is 1. The summed E-state index contributed by atoms with van der Waals surface area (Å²) in [4.78, 5) is 40.4. The Kier molecular flexibility index (Phi) is 7.39. The van der Waals surface area contributed by atoms with Gasteiger partial charge >= 0.3 is 0 Å². The zero-order chi connectivity index (χ0) is 19.6. The summed E-state index contributed by atoms with van der Waals surface area (Å²) >= 11 is 0. The highest BCUT2D eigenvalue weighted by Gasteiger charge is 2.21. The van der Waals surface area contributed by atoms with Crippen LogP contribution in [0, 0.1) is 0 Å². The first kappa shape index (κ1) is 20.0. The maximum Gasteiger partial charge on any atom is 0.279 e. The highest BCUT2D eigenvalue weighted by molar-refractivity contribution is 6.09. The summed E-state index contributed by atoms with van der Waals surface area (Å²) < 4.78 is 5.18. The quantitative estimate of drug-likeness (QED) is 0.570. The average Bonchev–Trinajstić information content (AvgIpc) is 2.71. The third-order valence-corrected chi connectivity index (χ3v) is 3.70. The minimum atomic E-state index is -0.659. The van der Waals surface area contributed by atoms with Gasteiger partial charge in [-0.1, -0.05) is 24.3 Å². The van der Waals surface area contributed by atoms with Crippen LogP contribution in [-0.4, -0.2) is 47.9 Å². The lowest BCUT2D eigenvalue weighted by Gasteiger charge is -2.16. The van der Waals surface area contributed by atoms with E-state index in [2.05, 4.69) is 10.3 Å². The molecular formula is C20H20N3O4. The molecule has 0 saturated carbocycles. The van der Waals surface area contributed by atoms with Crippen molar-refractivity contribution in [1.82, 2.24) is 9.88 Å². The Morgan fingerprint density at radius 3 is 2.67 bits per heavy atom. The fourth-order valence-electron chi connectivity index (χ4n) is 2.24. The third-order valence-electron chi connectivity index (χ3n) is 3.70. The second kappa shape index (κ2) is 9.98. The Labute approximate surface area is 157 Å². The summed E-state index contributed by atoms with van der Waals surface area (Å²) in [6, 6.07) is 12.1. The average molecular weight is 366 g/mol. The summed E-state index contributed by atoms with van der Waals surface area (Å²) in [7, 11) is 1.58. The zero-order valence-corrected chi connectivity index (χ0v) is 15.1. The molecule has 2 rings (SSSR count). The van der Waals surface area contributed by atoms with Crippen molar-refractivity contribution in [3.63, 3.8) is 0 Å². The number of hydrogen-bond acceptors (Lipinski definition) is 6. The molecule has 1 unspecified atom stereocenters. The van der Waals surface area contributed by atoms with Gasteiger partial charge in [0.25, 0.3) is 11.8 Å². The lowest BCUT2D eigenvalue weighted by atomic mass is 10.1. The van der Waals surface area contributed by atoms with Gasteiger partial charge in [0.05, 0.1) is 6.54 Å². The molecule has 1 radical (unpaired) electrons. The fraction of sp³-hybridized carbons (Fsp3) is 0.200. The molecule has 0 aliphatic rings. The van der Waals surface area contributed by atoms with Crippen LogP contribution in [0.15, 0.2) is 54.7 Å². The van der Waals surface area contributed by atoms with Gasteiger partial charge in [0.1, 0.15) is 11.9 Å². The molecule has 1 heterocycles. The van der Waals surface area contributed by atoms with Crippen molar-refractivity contribution in [3.8, 4) is 0 Å². The molecule has 2 amide bonds. The Morgan fingerprint density at radius 2 is 2.00 bits per heavy atom. The molecule has 7 heteroatoms. The summed E-state index contributed by atoms with van der Waals surface area (Å²) in [5, 5.41) is 3.15. The van der Waals surface area contributed by atoms with E-state index in [0.717, 1.165) is 16.2 Å². The molecule has 1 atom stereocenters. The summed E-state index contributed by atoms with van der Waals surface area (Å²) in [6.07, 6.45) is 5.60. The van der Waals surface area contributed by atoms with Gasteiger partial charge in [0.15, 0.2) is 0 Å². The number of carbonyl (C=O) groups is 2. The van der Waals surface area contributed by atoms with Gasteiger partial charge in [0, 0.05) is 25.1 Å². The number of hydrogen-bond donors (Lipinski definition) is 1. The molecular weight excluding hydrogens is 346 g/mol. The SMILES string of the molecule is COC(C)Nc1ccccc1/C=C/C(=O)N(C[C]=O)C(=O)c1ccccn1. The highest BCUT2D eigenvalue weighted by atomic mass is 16.5. The topological polar surface area (TPSA) is 88.6 Å². The zero-order valence-electron chi connectivity index (χ0n) is 15.1. The molecule has 1 aromatic heterocycles. The lowest BCUT2D eigenvalue weighted by molar-refractivity contribution is -0.123. The maximum atomic E-state index is 12.5. The first-order chi connectivity index (χ1) is 13.1. The number of methoxy groups -OCH3 is 1. The molecule has 0 bridgehead atoms. The van der Waals surface area contributed by atoms with Gasteiger partial charge in [-0.2, -0.15) is 0 Å². The smallest absolute Gasteiger partial charge is 0.279 e. The maximum absolute atomic E-state index is 12.5. The van der Waals surface area contributed by atoms with Gasteiger partial charge < -0.3 is 10.1 Å². The van der Waals surface area contributed by atoms with Crippen LogP contribution in [-0.2, 0) is 14.3 Å². The Bertz CT molecular complexity index is 821. The van der Waals surface area contributed by atoms with Crippen molar-refractivity contribution in [2.45, 2.75) is 13.2 Å². The van der Waals surface area contributed by atoms with Crippen LogP contribution in [0.4, 0.5) is 5.69 Å². The summed E-state index contributed by atoms with van der Waals surface area (Å²) in [5.41, 5.74) is 1.57. The largest absolute Gasteiger partial charge is 0.362 e. The first-order valence-corrected chi connectivity index (χ1v) is 8.25. The van der Waals surface area contributed by atoms with E-state index >= 15 is 0 Å². The van der Waals surface area contributed by atoms with Gasteiger partial charge in [0.2, 0.25) is 6.29 Å². The molecule has 0 fully saturated rings. The second-order valence-electron chi connectivity index (χ2n) is 5.53.